The Morgan fingerprint density at radius 2 is 1.83 bits per heavy atom. The van der Waals surface area contributed by atoms with Gasteiger partial charge in [0.2, 0.25) is 0 Å². The maximum atomic E-state index is 6.46. The van der Waals surface area contributed by atoms with Gasteiger partial charge in [0.25, 0.3) is 0 Å². The van der Waals surface area contributed by atoms with Crippen LogP contribution in [0.5, 0.6) is 0 Å². The first-order chi connectivity index (χ1) is 11.2. The monoisotopic (exact) mass is 443 g/mol. The largest absolute Gasteiger partial charge is 0.374 e. The number of nitrogens with two attached hydrogens (primary N) is 1. The van der Waals surface area contributed by atoms with E-state index >= 15 is 0 Å². The quantitative estimate of drug-likeness (QED) is 0.703. The van der Waals surface area contributed by atoms with Gasteiger partial charge in [-0.15, -0.1) is 0 Å². The van der Waals surface area contributed by atoms with E-state index in [0.717, 1.165) is 6.54 Å². The van der Waals surface area contributed by atoms with E-state index in [1.807, 2.05) is 6.20 Å². The molecule has 0 aromatic carbocycles. The van der Waals surface area contributed by atoms with Crippen molar-refractivity contribution in [1.82, 2.24) is 9.78 Å². The molecule has 4 bridgehead atoms. The van der Waals surface area contributed by atoms with Gasteiger partial charge in [0.1, 0.15) is 0 Å². The van der Waals surface area contributed by atoms with Crippen molar-refractivity contribution in [3.63, 3.8) is 0 Å². The van der Waals surface area contributed by atoms with E-state index in [0.29, 0.717) is 29.4 Å². The first-order valence-electron chi connectivity index (χ1n) is 9.22. The van der Waals surface area contributed by atoms with Crippen molar-refractivity contribution >= 4 is 22.6 Å². The number of nitrogens with zero attached hydrogens (tertiary/aromatic N) is 2. The van der Waals surface area contributed by atoms with Gasteiger partial charge in [-0.05, 0) is 84.3 Å². The van der Waals surface area contributed by atoms with Gasteiger partial charge in [-0.1, -0.05) is 13.8 Å². The van der Waals surface area contributed by atoms with E-state index in [9.17, 15) is 0 Å². The number of halogens is 1. The average Bonchev–Trinajstić information content (AvgIpc) is 2.73. The molecular formula is C19H30IN3O. The highest BCUT2D eigenvalue weighted by molar-refractivity contribution is 14.1. The van der Waals surface area contributed by atoms with Gasteiger partial charge in [0.05, 0.1) is 22.0 Å². The fourth-order valence-corrected chi connectivity index (χ4v) is 7.73. The van der Waals surface area contributed by atoms with Gasteiger partial charge in [-0.3, -0.25) is 4.68 Å². The Morgan fingerprint density at radius 3 is 2.38 bits per heavy atom. The minimum atomic E-state index is 0.0475. The summed E-state index contributed by atoms with van der Waals surface area (Å²) in [6, 6.07) is 0. The molecule has 4 aliphatic rings. The SMILES string of the molecule is Cc1c(I)cnn1CC12CC3(C)CC(C)(C1)CC(OCCN)(C3)C2. The molecule has 2 atom stereocenters. The first kappa shape index (κ1) is 17.3. The maximum Gasteiger partial charge on any atom is 0.0699 e. The van der Waals surface area contributed by atoms with E-state index in [1.165, 1.54) is 47.8 Å². The summed E-state index contributed by atoms with van der Waals surface area (Å²) in [7, 11) is 0. The fourth-order valence-electron chi connectivity index (χ4n) is 7.33. The smallest absolute Gasteiger partial charge is 0.0699 e. The summed E-state index contributed by atoms with van der Waals surface area (Å²) >= 11 is 2.39. The normalized spacial score (nSPS) is 43.5. The van der Waals surface area contributed by atoms with Gasteiger partial charge in [0, 0.05) is 18.8 Å². The van der Waals surface area contributed by atoms with E-state index < -0.39 is 0 Å². The molecule has 4 nitrogen and oxygen atoms in total. The highest BCUT2D eigenvalue weighted by Gasteiger charge is 2.66. The molecule has 0 spiro atoms. The molecule has 2 unspecified atom stereocenters. The highest BCUT2D eigenvalue weighted by Crippen LogP contribution is 2.71. The average molecular weight is 443 g/mol. The highest BCUT2D eigenvalue weighted by atomic mass is 127. The summed E-state index contributed by atoms with van der Waals surface area (Å²) in [5, 5.41) is 4.67. The standard InChI is InChI=1S/C19H30IN3O/c1-14-15(20)6-22-23(14)13-18-8-16(2)7-17(3,9-18)11-19(10-16,12-18)24-5-4-21/h6H,4-5,7-13,21H2,1-3H3. The third-order valence-electron chi connectivity index (χ3n) is 6.71. The number of hydrogen-bond donors (Lipinski definition) is 1. The Kier molecular flexibility index (Phi) is 3.91. The topological polar surface area (TPSA) is 53.1 Å². The Morgan fingerprint density at radius 1 is 1.17 bits per heavy atom. The van der Waals surface area contributed by atoms with Crippen molar-refractivity contribution < 1.29 is 4.74 Å². The van der Waals surface area contributed by atoms with Crippen LogP contribution in [0.1, 0.15) is 58.1 Å². The Labute approximate surface area is 159 Å². The molecule has 0 radical (unpaired) electrons. The summed E-state index contributed by atoms with van der Waals surface area (Å²) in [6.07, 6.45) is 9.60. The van der Waals surface area contributed by atoms with Crippen molar-refractivity contribution in [2.75, 3.05) is 13.2 Å². The van der Waals surface area contributed by atoms with Gasteiger partial charge >= 0.3 is 0 Å². The predicted molar refractivity (Wildman–Crippen MR) is 104 cm³/mol. The molecule has 4 aliphatic carbocycles. The molecule has 1 heterocycles. The molecule has 5 rings (SSSR count). The molecule has 0 amide bonds. The summed E-state index contributed by atoms with van der Waals surface area (Å²) in [6.45, 7) is 9.55. The lowest BCUT2D eigenvalue weighted by molar-refractivity contribution is -0.247. The summed E-state index contributed by atoms with van der Waals surface area (Å²) in [5.74, 6) is 0. The van der Waals surface area contributed by atoms with Gasteiger partial charge in [0.15, 0.2) is 0 Å². The lowest BCUT2D eigenvalue weighted by Gasteiger charge is -2.69. The molecule has 134 valence electrons. The van der Waals surface area contributed by atoms with Crippen molar-refractivity contribution in [3.05, 3.63) is 15.5 Å². The molecule has 2 N–H and O–H groups in total. The Bertz CT molecular complexity index is 637. The molecular weight excluding hydrogens is 413 g/mol. The van der Waals surface area contributed by atoms with Gasteiger partial charge in [-0.25, -0.2) is 0 Å². The maximum absolute atomic E-state index is 6.46. The number of ether oxygens (including phenoxy) is 1. The van der Waals surface area contributed by atoms with Crippen molar-refractivity contribution in [1.29, 1.82) is 0 Å². The molecule has 0 saturated heterocycles. The van der Waals surface area contributed by atoms with Gasteiger partial charge < -0.3 is 10.5 Å². The van der Waals surface area contributed by atoms with Crippen molar-refractivity contribution in [2.45, 2.75) is 71.4 Å². The van der Waals surface area contributed by atoms with E-state index in [1.54, 1.807) is 0 Å². The molecule has 0 aliphatic heterocycles. The second kappa shape index (κ2) is 5.43. The second-order valence-electron chi connectivity index (χ2n) is 9.74. The zero-order valence-electron chi connectivity index (χ0n) is 15.2. The zero-order chi connectivity index (χ0) is 17.2. The minimum absolute atomic E-state index is 0.0475. The van der Waals surface area contributed by atoms with Crippen LogP contribution in [0.2, 0.25) is 0 Å². The molecule has 4 fully saturated rings. The van der Waals surface area contributed by atoms with Crippen LogP contribution in [-0.2, 0) is 11.3 Å². The molecule has 1 aromatic rings. The van der Waals surface area contributed by atoms with Crippen molar-refractivity contribution in [3.8, 4) is 0 Å². The van der Waals surface area contributed by atoms with Crippen LogP contribution < -0.4 is 5.73 Å². The first-order valence-corrected chi connectivity index (χ1v) is 10.3. The Hall–Kier alpha value is -0.140. The summed E-state index contributed by atoms with van der Waals surface area (Å²) in [4.78, 5) is 0. The number of rotatable bonds is 5. The molecule has 5 heteroatoms. The van der Waals surface area contributed by atoms with Crippen LogP contribution in [0.25, 0.3) is 0 Å². The van der Waals surface area contributed by atoms with Crippen LogP contribution >= 0.6 is 22.6 Å². The van der Waals surface area contributed by atoms with Crippen LogP contribution in [0.4, 0.5) is 0 Å². The predicted octanol–water partition coefficient (Wildman–Crippen LogP) is 3.89. The zero-order valence-corrected chi connectivity index (χ0v) is 17.4. The summed E-state index contributed by atoms with van der Waals surface area (Å²) in [5.41, 5.74) is 8.26. The number of aromatic nitrogens is 2. The lowest BCUT2D eigenvalue weighted by atomic mass is 9.39. The van der Waals surface area contributed by atoms with Crippen LogP contribution in [0, 0.1) is 26.7 Å². The molecule has 4 saturated carbocycles. The molecule has 1 aromatic heterocycles. The van der Waals surface area contributed by atoms with Crippen molar-refractivity contribution in [2.24, 2.45) is 22.0 Å². The number of hydrogen-bond acceptors (Lipinski definition) is 3. The minimum Gasteiger partial charge on any atom is -0.374 e. The van der Waals surface area contributed by atoms with E-state index in [-0.39, 0.29) is 5.60 Å². The lowest BCUT2D eigenvalue weighted by Crippen LogP contribution is -2.64. The summed E-state index contributed by atoms with van der Waals surface area (Å²) < 4.78 is 9.98. The van der Waals surface area contributed by atoms with Crippen LogP contribution in [0.15, 0.2) is 6.20 Å². The molecule has 24 heavy (non-hydrogen) atoms. The van der Waals surface area contributed by atoms with Crippen LogP contribution in [-0.4, -0.2) is 28.5 Å². The van der Waals surface area contributed by atoms with Crippen LogP contribution in [0.3, 0.4) is 0 Å². The van der Waals surface area contributed by atoms with Gasteiger partial charge in [-0.2, -0.15) is 5.10 Å². The second-order valence-corrected chi connectivity index (χ2v) is 10.9. The third kappa shape index (κ3) is 2.75. The van der Waals surface area contributed by atoms with E-state index in [2.05, 4.69) is 53.1 Å². The Balaban J connectivity index is 1.69. The fraction of sp³-hybridized carbons (Fsp3) is 0.842. The van der Waals surface area contributed by atoms with E-state index in [4.69, 9.17) is 10.5 Å². The third-order valence-corrected chi connectivity index (χ3v) is 7.77.